The maximum atomic E-state index is 13.0. The van der Waals surface area contributed by atoms with Gasteiger partial charge in [0.05, 0.1) is 20.9 Å². The number of hydrogen-bond donors (Lipinski definition) is 0. The first-order valence-corrected chi connectivity index (χ1v) is 13.0. The Bertz CT molecular complexity index is 1240. The first-order chi connectivity index (χ1) is 15.5. The second-order valence-electron chi connectivity index (χ2n) is 7.39. The maximum absolute atomic E-state index is 13.0. The van der Waals surface area contributed by atoms with E-state index in [0.717, 1.165) is 35.0 Å². The lowest BCUT2D eigenvalue weighted by molar-refractivity contribution is -0.274. The van der Waals surface area contributed by atoms with E-state index in [-0.39, 0.29) is 4.90 Å². The Morgan fingerprint density at radius 2 is 1.73 bits per heavy atom. The number of benzene rings is 2. The first kappa shape index (κ1) is 24.1. The van der Waals surface area contributed by atoms with Gasteiger partial charge in [0, 0.05) is 29.1 Å². The number of piperidine rings is 1. The third kappa shape index (κ3) is 5.56. The maximum Gasteiger partial charge on any atom is 0.573 e. The molecule has 0 unspecified atom stereocenters. The summed E-state index contributed by atoms with van der Waals surface area (Å²) in [5.41, 5.74) is 1.48. The lowest BCUT2D eigenvalue weighted by Gasteiger charge is -2.31. The highest BCUT2D eigenvalue weighted by Gasteiger charge is 2.33. The van der Waals surface area contributed by atoms with E-state index < -0.39 is 27.2 Å². The molecule has 5 nitrogen and oxygen atoms in total. The van der Waals surface area contributed by atoms with Crippen LogP contribution in [0.5, 0.6) is 5.75 Å². The van der Waals surface area contributed by atoms with E-state index in [1.807, 2.05) is 10.3 Å². The lowest BCUT2D eigenvalue weighted by atomic mass is 10.1. The van der Waals surface area contributed by atoms with Gasteiger partial charge in [-0.2, -0.15) is 0 Å². The number of anilines is 1. The highest BCUT2D eigenvalue weighted by Crippen LogP contribution is 2.35. The van der Waals surface area contributed by atoms with Crippen molar-refractivity contribution in [1.82, 2.24) is 4.98 Å². The van der Waals surface area contributed by atoms with Gasteiger partial charge in [-0.25, -0.2) is 13.4 Å². The zero-order valence-electron chi connectivity index (χ0n) is 16.9. The largest absolute Gasteiger partial charge is 0.573 e. The van der Waals surface area contributed by atoms with Gasteiger partial charge < -0.3 is 9.64 Å². The number of nitrogens with zero attached hydrogens (tertiary/aromatic N) is 2. The van der Waals surface area contributed by atoms with Crippen LogP contribution in [0, 0.1) is 0 Å². The molecule has 1 aliphatic heterocycles. The number of ether oxygens (including phenoxy) is 1. The number of hydrogen-bond acceptors (Lipinski definition) is 6. The van der Waals surface area contributed by atoms with E-state index in [0.29, 0.717) is 41.7 Å². The fourth-order valence-electron chi connectivity index (χ4n) is 3.61. The summed E-state index contributed by atoms with van der Waals surface area (Å²) in [6.07, 6.45) is -4.08. The summed E-state index contributed by atoms with van der Waals surface area (Å²) in [7, 11) is -3.69. The van der Waals surface area contributed by atoms with Gasteiger partial charge in [-0.05, 0) is 55.3 Å². The molecular weight excluding hydrogens is 520 g/mol. The van der Waals surface area contributed by atoms with E-state index in [9.17, 15) is 21.6 Å². The molecule has 2 aromatic carbocycles. The van der Waals surface area contributed by atoms with Crippen molar-refractivity contribution in [2.24, 2.45) is 0 Å². The molecule has 12 heteroatoms. The lowest BCUT2D eigenvalue weighted by Crippen LogP contribution is -2.39. The van der Waals surface area contributed by atoms with E-state index >= 15 is 0 Å². The number of rotatable bonds is 5. The van der Waals surface area contributed by atoms with Gasteiger partial charge in [-0.15, -0.1) is 24.5 Å². The summed E-state index contributed by atoms with van der Waals surface area (Å²) in [6.45, 7) is 0.973. The van der Waals surface area contributed by atoms with Crippen molar-refractivity contribution in [3.8, 4) is 17.0 Å². The van der Waals surface area contributed by atoms with Gasteiger partial charge >= 0.3 is 6.36 Å². The van der Waals surface area contributed by atoms with Gasteiger partial charge in [-0.3, -0.25) is 0 Å². The van der Waals surface area contributed by atoms with Gasteiger partial charge in [0.15, 0.2) is 15.0 Å². The first-order valence-electron chi connectivity index (χ1n) is 9.78. The van der Waals surface area contributed by atoms with Crippen LogP contribution in [0.3, 0.4) is 0 Å². The van der Waals surface area contributed by atoms with Crippen LogP contribution in [0.25, 0.3) is 11.3 Å². The molecule has 0 N–H and O–H groups in total. The highest BCUT2D eigenvalue weighted by atomic mass is 35.5. The number of alkyl halides is 3. The van der Waals surface area contributed by atoms with Crippen LogP contribution in [0.15, 0.2) is 52.7 Å². The summed E-state index contributed by atoms with van der Waals surface area (Å²) in [4.78, 5) is 6.64. The van der Waals surface area contributed by atoms with E-state index in [4.69, 9.17) is 23.2 Å². The Hall–Kier alpha value is -2.01. The number of aromatic nitrogens is 1. The molecule has 0 atom stereocenters. The van der Waals surface area contributed by atoms with Crippen molar-refractivity contribution >= 4 is 49.5 Å². The van der Waals surface area contributed by atoms with Crippen molar-refractivity contribution in [2.75, 3.05) is 18.0 Å². The molecule has 0 amide bonds. The van der Waals surface area contributed by atoms with Gasteiger partial charge in [0.25, 0.3) is 0 Å². The predicted molar refractivity (Wildman–Crippen MR) is 123 cm³/mol. The Balaban J connectivity index is 1.42. The summed E-state index contributed by atoms with van der Waals surface area (Å²) in [5, 5.41) is 3.05. The molecule has 176 valence electrons. The second-order valence-corrected chi connectivity index (χ2v) is 11.3. The molecule has 1 aliphatic rings. The third-order valence-corrected chi connectivity index (χ3v) is 8.96. The standard InChI is InChI=1S/C21H17Cl2F3N2O3S2/c22-13-1-6-17(18(23)11-13)19-12-32-20(27-19)28-9-7-16(8-10-28)33(29,30)15-4-2-14(3-5-15)31-21(24,25)26/h1-6,11-12,16H,7-10H2. The Morgan fingerprint density at radius 3 is 2.33 bits per heavy atom. The molecule has 1 aromatic heterocycles. The van der Waals surface area contributed by atoms with Crippen molar-refractivity contribution in [2.45, 2.75) is 29.3 Å². The molecule has 1 saturated heterocycles. The van der Waals surface area contributed by atoms with Crippen molar-refractivity contribution in [3.05, 3.63) is 57.9 Å². The average molecular weight is 537 g/mol. The highest BCUT2D eigenvalue weighted by molar-refractivity contribution is 7.92. The molecule has 33 heavy (non-hydrogen) atoms. The van der Waals surface area contributed by atoms with Gasteiger partial charge in [0.2, 0.25) is 0 Å². The fourth-order valence-corrected chi connectivity index (χ4v) is 6.73. The van der Waals surface area contributed by atoms with Crippen LogP contribution in [0.2, 0.25) is 10.0 Å². The summed E-state index contributed by atoms with van der Waals surface area (Å²) in [6, 6.07) is 9.49. The summed E-state index contributed by atoms with van der Waals surface area (Å²) in [5.74, 6) is -0.461. The number of thiazole rings is 1. The normalized spacial score (nSPS) is 15.6. The van der Waals surface area contributed by atoms with E-state index in [1.54, 1.807) is 18.2 Å². The third-order valence-electron chi connectivity index (χ3n) is 5.24. The Kier molecular flexibility index (Phi) is 6.82. The van der Waals surface area contributed by atoms with Crippen LogP contribution in [0.1, 0.15) is 12.8 Å². The zero-order chi connectivity index (χ0) is 23.8. The zero-order valence-corrected chi connectivity index (χ0v) is 20.0. The molecular formula is C21H17Cl2F3N2O3S2. The topological polar surface area (TPSA) is 59.5 Å². The van der Waals surface area contributed by atoms with Crippen LogP contribution in [-0.4, -0.2) is 38.1 Å². The summed E-state index contributed by atoms with van der Waals surface area (Å²) < 4.78 is 66.7. The number of halogens is 5. The SMILES string of the molecule is O=S(=O)(c1ccc(OC(F)(F)F)cc1)C1CCN(c2nc(-c3ccc(Cl)cc3Cl)cs2)CC1. The van der Waals surface area contributed by atoms with Crippen LogP contribution >= 0.6 is 34.5 Å². The van der Waals surface area contributed by atoms with E-state index in [2.05, 4.69) is 9.72 Å². The molecule has 2 heterocycles. The smallest absolute Gasteiger partial charge is 0.406 e. The molecule has 0 saturated carbocycles. The molecule has 0 radical (unpaired) electrons. The molecule has 0 bridgehead atoms. The molecule has 0 spiro atoms. The van der Waals surface area contributed by atoms with Crippen molar-refractivity contribution in [3.63, 3.8) is 0 Å². The number of sulfone groups is 1. The molecule has 1 fully saturated rings. The van der Waals surface area contributed by atoms with Crippen LogP contribution < -0.4 is 9.64 Å². The van der Waals surface area contributed by atoms with E-state index in [1.165, 1.54) is 11.3 Å². The van der Waals surface area contributed by atoms with Crippen molar-refractivity contribution < 1.29 is 26.3 Å². The van der Waals surface area contributed by atoms with Crippen LogP contribution in [0.4, 0.5) is 18.3 Å². The van der Waals surface area contributed by atoms with Crippen molar-refractivity contribution in [1.29, 1.82) is 0 Å². The molecule has 3 aromatic rings. The fraction of sp³-hybridized carbons (Fsp3) is 0.286. The molecule has 4 rings (SSSR count). The summed E-state index contributed by atoms with van der Waals surface area (Å²) >= 11 is 13.7. The predicted octanol–water partition coefficient (Wildman–Crippen LogP) is 6.46. The minimum absolute atomic E-state index is 0.0237. The van der Waals surface area contributed by atoms with Gasteiger partial charge in [-0.1, -0.05) is 23.2 Å². The minimum atomic E-state index is -4.83. The molecule has 0 aliphatic carbocycles. The second kappa shape index (κ2) is 9.32. The van der Waals surface area contributed by atoms with Crippen LogP contribution in [-0.2, 0) is 9.84 Å². The minimum Gasteiger partial charge on any atom is -0.406 e. The average Bonchev–Trinajstić information content (AvgIpc) is 3.23. The Labute approximate surface area is 202 Å². The monoisotopic (exact) mass is 536 g/mol. The van der Waals surface area contributed by atoms with Gasteiger partial charge in [0.1, 0.15) is 5.75 Å². The Morgan fingerprint density at radius 1 is 1.06 bits per heavy atom. The quantitative estimate of drug-likeness (QED) is 0.374.